The topological polar surface area (TPSA) is 46.3 Å². The quantitative estimate of drug-likeness (QED) is 0.929. The number of benzene rings is 1. The number of amides is 1. The fourth-order valence-electron chi connectivity index (χ4n) is 3.76. The summed E-state index contributed by atoms with van der Waals surface area (Å²) >= 11 is 0. The van der Waals surface area contributed by atoms with Gasteiger partial charge >= 0.3 is 0 Å². The third-order valence-electron chi connectivity index (χ3n) is 4.96. The molecule has 21 heavy (non-hydrogen) atoms. The molecule has 1 saturated heterocycles. The highest BCUT2D eigenvalue weighted by atomic mass is 35.5. The summed E-state index contributed by atoms with van der Waals surface area (Å²) in [5, 5.41) is 0. The summed E-state index contributed by atoms with van der Waals surface area (Å²) in [7, 11) is 0. The molecular formula is C17H25ClN2O. The molecule has 3 atom stereocenters. The molecule has 1 aliphatic carbocycles. The minimum absolute atomic E-state index is 0. The molecule has 1 amide bonds. The number of rotatable bonds is 4. The molecule has 1 aromatic carbocycles. The van der Waals surface area contributed by atoms with Gasteiger partial charge in [0.1, 0.15) is 0 Å². The van der Waals surface area contributed by atoms with Crippen LogP contribution < -0.4 is 5.73 Å². The van der Waals surface area contributed by atoms with Gasteiger partial charge in [-0.2, -0.15) is 0 Å². The van der Waals surface area contributed by atoms with Crippen molar-refractivity contribution in [3.63, 3.8) is 0 Å². The van der Waals surface area contributed by atoms with Gasteiger partial charge in [-0.25, -0.2) is 0 Å². The van der Waals surface area contributed by atoms with Crippen LogP contribution in [0.1, 0.15) is 31.2 Å². The Kier molecular flexibility index (Phi) is 5.65. The third kappa shape index (κ3) is 3.78. The molecule has 3 rings (SSSR count). The Hall–Kier alpha value is -1.06. The number of fused-ring (bicyclic) bond motifs is 1. The van der Waals surface area contributed by atoms with Gasteiger partial charge in [0.2, 0.25) is 5.91 Å². The summed E-state index contributed by atoms with van der Waals surface area (Å²) in [4.78, 5) is 14.3. The van der Waals surface area contributed by atoms with Crippen molar-refractivity contribution in [2.45, 2.75) is 38.1 Å². The lowest BCUT2D eigenvalue weighted by molar-refractivity contribution is -0.130. The SMILES string of the molecule is Cl.NC1CCC2CN(C(=O)CCCc3ccccc3)CC12. The van der Waals surface area contributed by atoms with Crippen molar-refractivity contribution >= 4 is 18.3 Å². The highest BCUT2D eigenvalue weighted by Crippen LogP contribution is 2.37. The number of aryl methyl sites for hydroxylation is 1. The first-order valence-electron chi connectivity index (χ1n) is 7.81. The van der Waals surface area contributed by atoms with Gasteiger partial charge in [0, 0.05) is 25.6 Å². The van der Waals surface area contributed by atoms with Crippen LogP contribution in [0.4, 0.5) is 0 Å². The number of hydrogen-bond acceptors (Lipinski definition) is 2. The maximum Gasteiger partial charge on any atom is 0.222 e. The Labute approximate surface area is 133 Å². The molecule has 116 valence electrons. The van der Waals surface area contributed by atoms with E-state index in [2.05, 4.69) is 29.2 Å². The van der Waals surface area contributed by atoms with Gasteiger partial charge in [0.25, 0.3) is 0 Å². The molecule has 1 heterocycles. The third-order valence-corrected chi connectivity index (χ3v) is 4.96. The van der Waals surface area contributed by atoms with E-state index in [1.165, 1.54) is 12.0 Å². The van der Waals surface area contributed by atoms with E-state index in [9.17, 15) is 4.79 Å². The number of likely N-dealkylation sites (tertiary alicyclic amines) is 1. The maximum absolute atomic E-state index is 12.3. The van der Waals surface area contributed by atoms with Gasteiger partial charge in [0.15, 0.2) is 0 Å². The van der Waals surface area contributed by atoms with Crippen LogP contribution in [-0.4, -0.2) is 29.9 Å². The van der Waals surface area contributed by atoms with Gasteiger partial charge in [-0.1, -0.05) is 30.3 Å². The number of nitrogens with zero attached hydrogens (tertiary/aromatic N) is 1. The lowest BCUT2D eigenvalue weighted by Crippen LogP contribution is -2.33. The molecular weight excluding hydrogens is 284 g/mol. The summed E-state index contributed by atoms with van der Waals surface area (Å²) in [6.07, 6.45) is 4.96. The van der Waals surface area contributed by atoms with Crippen LogP contribution in [0.3, 0.4) is 0 Å². The van der Waals surface area contributed by atoms with E-state index in [1.807, 2.05) is 6.07 Å². The van der Waals surface area contributed by atoms with Crippen molar-refractivity contribution in [1.82, 2.24) is 4.90 Å². The minimum atomic E-state index is 0. The average Bonchev–Trinajstić information content (AvgIpc) is 3.03. The van der Waals surface area contributed by atoms with E-state index < -0.39 is 0 Å². The Morgan fingerprint density at radius 2 is 1.95 bits per heavy atom. The molecule has 0 spiro atoms. The normalized spacial score (nSPS) is 27.3. The van der Waals surface area contributed by atoms with E-state index in [1.54, 1.807) is 0 Å². The van der Waals surface area contributed by atoms with Crippen LogP contribution in [0.2, 0.25) is 0 Å². The van der Waals surface area contributed by atoms with Gasteiger partial charge in [-0.05, 0) is 43.1 Å². The summed E-state index contributed by atoms with van der Waals surface area (Å²) in [6, 6.07) is 10.7. The highest BCUT2D eigenvalue weighted by Gasteiger charge is 2.42. The summed E-state index contributed by atoms with van der Waals surface area (Å²) in [6.45, 7) is 1.85. The van der Waals surface area contributed by atoms with Crippen LogP contribution in [0.15, 0.2) is 30.3 Å². The maximum atomic E-state index is 12.3. The first-order chi connectivity index (χ1) is 9.74. The predicted molar refractivity (Wildman–Crippen MR) is 87.4 cm³/mol. The lowest BCUT2D eigenvalue weighted by Gasteiger charge is -2.18. The molecule has 4 heteroatoms. The van der Waals surface area contributed by atoms with E-state index in [4.69, 9.17) is 5.73 Å². The Morgan fingerprint density at radius 1 is 1.19 bits per heavy atom. The molecule has 2 N–H and O–H groups in total. The summed E-state index contributed by atoms with van der Waals surface area (Å²) < 4.78 is 0. The molecule has 0 radical (unpaired) electrons. The zero-order chi connectivity index (χ0) is 13.9. The van der Waals surface area contributed by atoms with Crippen molar-refractivity contribution in [3.05, 3.63) is 35.9 Å². The Balaban J connectivity index is 0.00000161. The van der Waals surface area contributed by atoms with Crippen molar-refractivity contribution in [2.24, 2.45) is 17.6 Å². The summed E-state index contributed by atoms with van der Waals surface area (Å²) in [5.41, 5.74) is 7.44. The van der Waals surface area contributed by atoms with E-state index >= 15 is 0 Å². The molecule has 1 aliphatic heterocycles. The van der Waals surface area contributed by atoms with Crippen LogP contribution in [-0.2, 0) is 11.2 Å². The first kappa shape index (κ1) is 16.3. The van der Waals surface area contributed by atoms with Crippen LogP contribution in [0, 0.1) is 11.8 Å². The smallest absolute Gasteiger partial charge is 0.222 e. The number of hydrogen-bond donors (Lipinski definition) is 1. The standard InChI is InChI=1S/C17H24N2O.ClH/c18-16-10-9-14-11-19(12-15(14)16)17(20)8-4-7-13-5-2-1-3-6-13;/h1-3,5-6,14-16H,4,7-12,18H2;1H. The van der Waals surface area contributed by atoms with Crippen molar-refractivity contribution in [3.8, 4) is 0 Å². The number of carbonyl (C=O) groups is 1. The number of nitrogens with two attached hydrogens (primary N) is 1. The molecule has 1 aromatic rings. The van der Waals surface area contributed by atoms with Crippen LogP contribution in [0.5, 0.6) is 0 Å². The molecule has 1 saturated carbocycles. The Bertz CT molecular complexity index is 465. The molecule has 2 aliphatic rings. The fraction of sp³-hybridized carbons (Fsp3) is 0.588. The zero-order valence-corrected chi connectivity index (χ0v) is 13.2. The van der Waals surface area contributed by atoms with Crippen LogP contribution >= 0.6 is 12.4 Å². The second-order valence-corrected chi connectivity index (χ2v) is 6.30. The van der Waals surface area contributed by atoms with Crippen LogP contribution in [0.25, 0.3) is 0 Å². The first-order valence-corrected chi connectivity index (χ1v) is 7.81. The second kappa shape index (κ2) is 7.28. The highest BCUT2D eigenvalue weighted by molar-refractivity contribution is 5.85. The average molecular weight is 309 g/mol. The predicted octanol–water partition coefficient (Wildman–Crippen LogP) is 2.63. The van der Waals surface area contributed by atoms with Crippen molar-refractivity contribution < 1.29 is 4.79 Å². The second-order valence-electron chi connectivity index (χ2n) is 6.30. The molecule has 0 bridgehead atoms. The van der Waals surface area contributed by atoms with Gasteiger partial charge in [0.05, 0.1) is 0 Å². The monoisotopic (exact) mass is 308 g/mol. The fourth-order valence-corrected chi connectivity index (χ4v) is 3.76. The molecule has 2 fully saturated rings. The lowest BCUT2D eigenvalue weighted by atomic mass is 9.98. The Morgan fingerprint density at radius 3 is 2.67 bits per heavy atom. The van der Waals surface area contributed by atoms with E-state index in [0.717, 1.165) is 32.4 Å². The van der Waals surface area contributed by atoms with Crippen molar-refractivity contribution in [1.29, 1.82) is 0 Å². The number of halogens is 1. The van der Waals surface area contributed by atoms with Gasteiger partial charge in [-0.15, -0.1) is 12.4 Å². The molecule has 3 unspecified atom stereocenters. The van der Waals surface area contributed by atoms with Crippen molar-refractivity contribution in [2.75, 3.05) is 13.1 Å². The van der Waals surface area contributed by atoms with Gasteiger partial charge < -0.3 is 10.6 Å². The molecule has 0 aromatic heterocycles. The zero-order valence-electron chi connectivity index (χ0n) is 12.4. The summed E-state index contributed by atoms with van der Waals surface area (Å²) in [5.74, 6) is 1.55. The minimum Gasteiger partial charge on any atom is -0.342 e. The number of carbonyl (C=O) groups excluding carboxylic acids is 1. The van der Waals surface area contributed by atoms with E-state index in [0.29, 0.717) is 30.2 Å². The van der Waals surface area contributed by atoms with E-state index in [-0.39, 0.29) is 12.4 Å². The molecule has 3 nitrogen and oxygen atoms in total. The largest absolute Gasteiger partial charge is 0.342 e. The van der Waals surface area contributed by atoms with Gasteiger partial charge in [-0.3, -0.25) is 4.79 Å².